The molecule has 0 amide bonds. The topological polar surface area (TPSA) is 12.0 Å². The summed E-state index contributed by atoms with van der Waals surface area (Å²) >= 11 is 0. The highest BCUT2D eigenvalue weighted by molar-refractivity contribution is 5.77. The summed E-state index contributed by atoms with van der Waals surface area (Å²) in [7, 11) is 2.19. The molecule has 0 unspecified atom stereocenters. The number of anilines is 1. The quantitative estimate of drug-likeness (QED) is 0.623. The smallest absolute Gasteiger partial charge is 0.266 e. The van der Waals surface area contributed by atoms with E-state index >= 15 is 0 Å². The van der Waals surface area contributed by atoms with Crippen molar-refractivity contribution in [3.8, 4) is 5.69 Å². The van der Waals surface area contributed by atoms with Crippen molar-refractivity contribution in [3.05, 3.63) is 54.1 Å². The molecule has 3 aromatic rings. The Morgan fingerprint density at radius 3 is 2.62 bits per heavy atom. The minimum Gasteiger partial charge on any atom is -0.266 e. The van der Waals surface area contributed by atoms with Crippen molar-refractivity contribution in [1.82, 2.24) is 4.57 Å². The van der Waals surface area contributed by atoms with E-state index in [4.69, 9.17) is 0 Å². The van der Waals surface area contributed by atoms with Crippen LogP contribution < -0.4 is 9.47 Å². The zero-order chi connectivity index (χ0) is 14.4. The molecule has 1 aromatic heterocycles. The molecule has 0 radical (unpaired) electrons. The van der Waals surface area contributed by atoms with E-state index < -0.39 is 0 Å². The normalized spacial score (nSPS) is 14.5. The van der Waals surface area contributed by atoms with Gasteiger partial charge in [0.2, 0.25) is 0 Å². The number of hydrogen-bond donors (Lipinski definition) is 0. The van der Waals surface area contributed by atoms with Crippen LogP contribution in [0.25, 0.3) is 16.7 Å². The Labute approximate surface area is 125 Å². The van der Waals surface area contributed by atoms with Gasteiger partial charge in [0.15, 0.2) is 0 Å². The van der Waals surface area contributed by atoms with Crippen LogP contribution in [0.2, 0.25) is 0 Å². The van der Waals surface area contributed by atoms with Gasteiger partial charge in [0.1, 0.15) is 16.7 Å². The van der Waals surface area contributed by atoms with Crippen molar-refractivity contribution >= 4 is 17.0 Å². The Balaban J connectivity index is 2.13. The molecule has 2 aromatic carbocycles. The third-order valence-corrected chi connectivity index (χ3v) is 4.43. The average molecular weight is 278 g/mol. The highest BCUT2D eigenvalue weighted by Gasteiger charge is 2.31. The standard InChI is InChI=1S/C18H20N3/c1-14-8-3-4-9-15(14)21-17-11-6-5-10-16(17)20-13-7-12-19(2)18(20)21/h3-6,8-11H,7,12-13H2,1-2H3/q+1. The molecule has 0 fully saturated rings. The van der Waals surface area contributed by atoms with Gasteiger partial charge in [-0.25, -0.2) is 4.57 Å². The number of aromatic nitrogens is 2. The molecule has 0 aliphatic carbocycles. The minimum absolute atomic E-state index is 1.10. The number of para-hydroxylation sites is 3. The van der Waals surface area contributed by atoms with Gasteiger partial charge in [0, 0.05) is 6.42 Å². The van der Waals surface area contributed by atoms with Crippen LogP contribution in [-0.4, -0.2) is 18.2 Å². The Kier molecular flexibility index (Phi) is 2.74. The van der Waals surface area contributed by atoms with Gasteiger partial charge >= 0.3 is 5.95 Å². The molecule has 0 atom stereocenters. The molecule has 0 spiro atoms. The van der Waals surface area contributed by atoms with Gasteiger partial charge in [-0.05, 0) is 30.7 Å². The molecule has 106 valence electrons. The van der Waals surface area contributed by atoms with Crippen LogP contribution in [0.15, 0.2) is 48.5 Å². The lowest BCUT2D eigenvalue weighted by atomic mass is 10.2. The van der Waals surface area contributed by atoms with Crippen molar-refractivity contribution < 1.29 is 4.57 Å². The van der Waals surface area contributed by atoms with Crippen molar-refractivity contribution in [3.63, 3.8) is 0 Å². The first-order valence-corrected chi connectivity index (χ1v) is 7.58. The molecule has 0 saturated heterocycles. The number of fused-ring (bicyclic) bond motifs is 3. The fourth-order valence-corrected chi connectivity index (χ4v) is 3.43. The minimum atomic E-state index is 1.10. The van der Waals surface area contributed by atoms with E-state index in [9.17, 15) is 0 Å². The van der Waals surface area contributed by atoms with Crippen LogP contribution in [0.5, 0.6) is 0 Å². The monoisotopic (exact) mass is 278 g/mol. The second-order valence-corrected chi connectivity index (χ2v) is 5.84. The number of benzene rings is 2. The van der Waals surface area contributed by atoms with Crippen LogP contribution in [0.3, 0.4) is 0 Å². The summed E-state index contributed by atoms with van der Waals surface area (Å²) in [6, 6.07) is 17.3. The van der Waals surface area contributed by atoms with Crippen molar-refractivity contribution in [2.75, 3.05) is 18.5 Å². The molecule has 2 heterocycles. The van der Waals surface area contributed by atoms with E-state index in [1.54, 1.807) is 0 Å². The number of rotatable bonds is 1. The van der Waals surface area contributed by atoms with Gasteiger partial charge in [-0.1, -0.05) is 30.3 Å². The third-order valence-electron chi connectivity index (χ3n) is 4.43. The number of hydrogen-bond acceptors (Lipinski definition) is 1. The molecule has 1 aliphatic heterocycles. The van der Waals surface area contributed by atoms with E-state index in [2.05, 4.69) is 76.5 Å². The lowest BCUT2D eigenvalue weighted by Crippen LogP contribution is -2.46. The van der Waals surface area contributed by atoms with Gasteiger partial charge < -0.3 is 0 Å². The molecule has 0 saturated carbocycles. The van der Waals surface area contributed by atoms with Crippen molar-refractivity contribution in [2.24, 2.45) is 0 Å². The second kappa shape index (κ2) is 4.62. The Morgan fingerprint density at radius 1 is 1.00 bits per heavy atom. The second-order valence-electron chi connectivity index (χ2n) is 5.84. The first-order valence-electron chi connectivity index (χ1n) is 7.58. The van der Waals surface area contributed by atoms with Gasteiger partial charge in [-0.15, -0.1) is 0 Å². The maximum absolute atomic E-state index is 2.45. The van der Waals surface area contributed by atoms with Crippen LogP contribution in [0.1, 0.15) is 12.0 Å². The predicted octanol–water partition coefficient (Wildman–Crippen LogP) is 3.07. The van der Waals surface area contributed by atoms with E-state index in [0.29, 0.717) is 0 Å². The Morgan fingerprint density at radius 2 is 1.76 bits per heavy atom. The molecule has 4 rings (SSSR count). The summed E-state index contributed by atoms with van der Waals surface area (Å²) in [5, 5.41) is 0. The summed E-state index contributed by atoms with van der Waals surface area (Å²) in [5.74, 6) is 1.29. The van der Waals surface area contributed by atoms with Gasteiger partial charge in [0.05, 0.1) is 20.1 Å². The van der Waals surface area contributed by atoms with Crippen molar-refractivity contribution in [2.45, 2.75) is 19.9 Å². The Bertz CT molecular complexity index is 816. The summed E-state index contributed by atoms with van der Waals surface area (Å²) in [5.41, 5.74) is 5.19. The summed E-state index contributed by atoms with van der Waals surface area (Å²) < 4.78 is 4.86. The number of aryl methyl sites for hydroxylation is 2. The molecule has 1 aliphatic rings. The van der Waals surface area contributed by atoms with E-state index in [1.807, 2.05) is 0 Å². The molecular formula is C18H20N3+. The third kappa shape index (κ3) is 1.77. The zero-order valence-corrected chi connectivity index (χ0v) is 12.6. The van der Waals surface area contributed by atoms with E-state index in [1.165, 1.54) is 34.7 Å². The lowest BCUT2D eigenvalue weighted by molar-refractivity contribution is -0.663. The van der Waals surface area contributed by atoms with Crippen LogP contribution in [-0.2, 0) is 6.54 Å². The molecule has 21 heavy (non-hydrogen) atoms. The largest absolute Gasteiger partial charge is 0.365 e. The number of nitrogens with zero attached hydrogens (tertiary/aromatic N) is 3. The average Bonchev–Trinajstić information content (AvgIpc) is 2.84. The maximum atomic E-state index is 2.45. The van der Waals surface area contributed by atoms with Gasteiger partial charge in [-0.3, -0.25) is 4.90 Å². The zero-order valence-electron chi connectivity index (χ0n) is 12.6. The van der Waals surface area contributed by atoms with Crippen molar-refractivity contribution in [1.29, 1.82) is 0 Å². The maximum Gasteiger partial charge on any atom is 0.365 e. The lowest BCUT2D eigenvalue weighted by Gasteiger charge is -2.20. The SMILES string of the molecule is Cc1ccccc1-n1c2[n+](c3ccccc31)CCCN2C. The molecule has 0 bridgehead atoms. The predicted molar refractivity (Wildman–Crippen MR) is 86.1 cm³/mol. The van der Waals surface area contributed by atoms with Crippen LogP contribution in [0, 0.1) is 6.92 Å². The highest BCUT2D eigenvalue weighted by atomic mass is 15.4. The van der Waals surface area contributed by atoms with Crippen LogP contribution >= 0.6 is 0 Å². The molecular weight excluding hydrogens is 258 g/mol. The van der Waals surface area contributed by atoms with E-state index in [0.717, 1.165) is 13.1 Å². The highest BCUT2D eigenvalue weighted by Crippen LogP contribution is 2.28. The Hall–Kier alpha value is -2.29. The van der Waals surface area contributed by atoms with E-state index in [-0.39, 0.29) is 0 Å². The first kappa shape index (κ1) is 12.5. The molecule has 3 nitrogen and oxygen atoms in total. The molecule has 0 N–H and O–H groups in total. The summed E-state index contributed by atoms with van der Waals surface area (Å²) in [6.07, 6.45) is 1.20. The summed E-state index contributed by atoms with van der Waals surface area (Å²) in [4.78, 5) is 2.37. The fraction of sp³-hybridized carbons (Fsp3) is 0.278. The number of imidazole rings is 1. The summed E-state index contributed by atoms with van der Waals surface area (Å²) in [6.45, 7) is 4.39. The van der Waals surface area contributed by atoms with Crippen LogP contribution in [0.4, 0.5) is 5.95 Å². The van der Waals surface area contributed by atoms with Gasteiger partial charge in [0.25, 0.3) is 0 Å². The van der Waals surface area contributed by atoms with Gasteiger partial charge in [-0.2, -0.15) is 4.57 Å². The molecule has 3 heteroatoms. The fourth-order valence-electron chi connectivity index (χ4n) is 3.43. The first-order chi connectivity index (χ1) is 10.3.